The van der Waals surface area contributed by atoms with Gasteiger partial charge in [0.2, 0.25) is 5.91 Å². The summed E-state index contributed by atoms with van der Waals surface area (Å²) < 4.78 is 7.16. The first-order valence-corrected chi connectivity index (χ1v) is 11.7. The summed E-state index contributed by atoms with van der Waals surface area (Å²) in [6.07, 6.45) is 3.93. The van der Waals surface area contributed by atoms with Gasteiger partial charge in [0.1, 0.15) is 5.75 Å². The van der Waals surface area contributed by atoms with Crippen LogP contribution in [-0.2, 0) is 24.3 Å². The molecule has 0 bridgehead atoms. The number of hydrogen-bond acceptors (Lipinski definition) is 5. The number of aryl methyl sites for hydroxylation is 1. The molecule has 8 nitrogen and oxygen atoms in total. The highest BCUT2D eigenvalue weighted by Gasteiger charge is 2.28. The molecule has 3 aromatic rings. The highest BCUT2D eigenvalue weighted by molar-refractivity contribution is 5.73. The number of methoxy groups -OCH3 is 1. The lowest BCUT2D eigenvalue weighted by Crippen LogP contribution is -2.39. The van der Waals surface area contributed by atoms with Crippen molar-refractivity contribution in [2.45, 2.75) is 58.7 Å². The fraction of sp³-hybridized carbons (Fsp3) is 0.480. The molecule has 8 heteroatoms. The quantitative estimate of drug-likeness (QED) is 0.662. The van der Waals surface area contributed by atoms with Gasteiger partial charge in [-0.3, -0.25) is 19.6 Å². The Balaban J connectivity index is 1.49. The van der Waals surface area contributed by atoms with E-state index in [1.165, 1.54) is 11.1 Å². The third-order valence-electron chi connectivity index (χ3n) is 7.01. The summed E-state index contributed by atoms with van der Waals surface area (Å²) in [5.74, 6) is 0.893. The molecule has 0 radical (unpaired) electrons. The van der Waals surface area contributed by atoms with Gasteiger partial charge >= 0.3 is 0 Å². The van der Waals surface area contributed by atoms with Crippen LogP contribution in [0, 0.1) is 6.92 Å². The minimum absolute atomic E-state index is 0.0123. The second-order valence-corrected chi connectivity index (χ2v) is 9.24. The standard InChI is InChI=1S/C25H31N5O3/c1-16-7-8-23(33-3)18(12-16)14-29-10-5-4-6-22(29)21-13-24-26-20-9-11-28(17(2)31)15-19(20)25(32)30(24)27-21/h7-8,12-13,22,27H,4-6,9-11,14-15H2,1-3H3/t22-/m0/s1. The van der Waals surface area contributed by atoms with Crippen molar-refractivity contribution in [1.82, 2.24) is 24.4 Å². The van der Waals surface area contributed by atoms with Gasteiger partial charge in [-0.1, -0.05) is 24.1 Å². The van der Waals surface area contributed by atoms with Gasteiger partial charge in [0.05, 0.1) is 36.6 Å². The van der Waals surface area contributed by atoms with Crippen molar-refractivity contribution in [3.8, 4) is 5.75 Å². The molecule has 0 spiro atoms. The van der Waals surface area contributed by atoms with E-state index < -0.39 is 0 Å². The van der Waals surface area contributed by atoms with Gasteiger partial charge in [-0.05, 0) is 32.4 Å². The number of nitrogens with zero attached hydrogens (tertiary/aromatic N) is 4. The lowest BCUT2D eigenvalue weighted by molar-refractivity contribution is -0.129. The molecule has 5 rings (SSSR count). The molecule has 174 valence electrons. The molecule has 1 saturated heterocycles. The summed E-state index contributed by atoms with van der Waals surface area (Å²) in [6, 6.07) is 8.49. The number of piperidine rings is 1. The first-order chi connectivity index (χ1) is 15.9. The second-order valence-electron chi connectivity index (χ2n) is 9.24. The summed E-state index contributed by atoms with van der Waals surface area (Å²) in [5.41, 5.74) is 5.39. The van der Waals surface area contributed by atoms with Gasteiger partial charge in [-0.2, -0.15) is 0 Å². The van der Waals surface area contributed by atoms with Crippen LogP contribution in [0.1, 0.15) is 60.3 Å². The van der Waals surface area contributed by atoms with E-state index in [0.717, 1.165) is 49.5 Å². The van der Waals surface area contributed by atoms with E-state index in [1.807, 2.05) is 12.1 Å². The minimum Gasteiger partial charge on any atom is -0.496 e. The third kappa shape index (κ3) is 4.04. The fourth-order valence-corrected chi connectivity index (χ4v) is 5.22. The molecule has 0 aliphatic carbocycles. The fourth-order valence-electron chi connectivity index (χ4n) is 5.22. The maximum atomic E-state index is 13.3. The molecule has 0 unspecified atom stereocenters. The van der Waals surface area contributed by atoms with Crippen molar-refractivity contribution in [1.29, 1.82) is 0 Å². The molecule has 0 saturated carbocycles. The van der Waals surface area contributed by atoms with Crippen LogP contribution in [0.15, 0.2) is 29.1 Å². The van der Waals surface area contributed by atoms with E-state index in [1.54, 1.807) is 23.4 Å². The van der Waals surface area contributed by atoms with Gasteiger partial charge in [0.15, 0.2) is 5.65 Å². The van der Waals surface area contributed by atoms with Crippen LogP contribution in [0.25, 0.3) is 5.65 Å². The summed E-state index contributed by atoms with van der Waals surface area (Å²) >= 11 is 0. The van der Waals surface area contributed by atoms with Gasteiger partial charge in [-0.15, -0.1) is 0 Å². The highest BCUT2D eigenvalue weighted by atomic mass is 16.5. The normalized spacial score (nSPS) is 19.0. The molecule has 1 atom stereocenters. The van der Waals surface area contributed by atoms with Crippen LogP contribution in [0.5, 0.6) is 5.75 Å². The maximum Gasteiger partial charge on any atom is 0.277 e. The van der Waals surface area contributed by atoms with Crippen LogP contribution in [0.2, 0.25) is 0 Å². The number of hydrogen-bond donors (Lipinski definition) is 1. The van der Waals surface area contributed by atoms with Crippen LogP contribution in [0.3, 0.4) is 0 Å². The number of H-pyrrole nitrogens is 1. The summed E-state index contributed by atoms with van der Waals surface area (Å²) in [5, 5.41) is 3.35. The van der Waals surface area contributed by atoms with Gasteiger partial charge in [-0.25, -0.2) is 9.50 Å². The number of rotatable bonds is 4. The van der Waals surface area contributed by atoms with E-state index in [-0.39, 0.29) is 17.5 Å². The first-order valence-electron chi connectivity index (χ1n) is 11.7. The van der Waals surface area contributed by atoms with Crippen molar-refractivity contribution in [3.63, 3.8) is 0 Å². The average molecular weight is 450 g/mol. The minimum atomic E-state index is -0.102. The Morgan fingerprint density at radius 3 is 2.88 bits per heavy atom. The largest absolute Gasteiger partial charge is 0.496 e. The first kappa shape index (κ1) is 21.7. The van der Waals surface area contributed by atoms with Crippen molar-refractivity contribution in [3.05, 3.63) is 62.7 Å². The zero-order valence-electron chi connectivity index (χ0n) is 19.6. The lowest BCUT2D eigenvalue weighted by atomic mass is 9.98. The Morgan fingerprint density at radius 1 is 1.24 bits per heavy atom. The summed E-state index contributed by atoms with van der Waals surface area (Å²) in [6.45, 7) is 6.36. The van der Waals surface area contributed by atoms with Crippen LogP contribution in [0.4, 0.5) is 0 Å². The Hall–Kier alpha value is -3.13. The average Bonchev–Trinajstić information content (AvgIpc) is 3.24. The number of likely N-dealkylation sites (tertiary alicyclic amines) is 1. The van der Waals surface area contributed by atoms with E-state index >= 15 is 0 Å². The van der Waals surface area contributed by atoms with Crippen LogP contribution < -0.4 is 10.3 Å². The Morgan fingerprint density at radius 2 is 2.09 bits per heavy atom. The molecular formula is C25H31N5O3. The van der Waals surface area contributed by atoms with E-state index in [9.17, 15) is 9.59 Å². The summed E-state index contributed by atoms with van der Waals surface area (Å²) in [7, 11) is 1.71. The zero-order chi connectivity index (χ0) is 23.1. The number of ether oxygens (including phenoxy) is 1. The predicted molar refractivity (Wildman–Crippen MR) is 125 cm³/mol. The van der Waals surface area contributed by atoms with Crippen LogP contribution >= 0.6 is 0 Å². The molecule has 2 aromatic heterocycles. The number of amides is 1. The van der Waals surface area contributed by atoms with Crippen molar-refractivity contribution < 1.29 is 9.53 Å². The molecule has 1 N–H and O–H groups in total. The Kier molecular flexibility index (Phi) is 5.70. The van der Waals surface area contributed by atoms with Gasteiger partial charge in [0, 0.05) is 38.1 Å². The number of aromatic amines is 1. The highest BCUT2D eigenvalue weighted by Crippen LogP contribution is 2.33. The number of aromatic nitrogens is 3. The number of benzene rings is 1. The summed E-state index contributed by atoms with van der Waals surface area (Å²) in [4.78, 5) is 34.0. The maximum absolute atomic E-state index is 13.3. The second kappa shape index (κ2) is 8.67. The van der Waals surface area contributed by atoms with E-state index in [2.05, 4.69) is 29.1 Å². The monoisotopic (exact) mass is 449 g/mol. The number of carbonyl (C=O) groups is 1. The molecule has 2 aliphatic rings. The number of nitrogens with one attached hydrogen (secondary N) is 1. The topological polar surface area (TPSA) is 82.9 Å². The lowest BCUT2D eigenvalue weighted by Gasteiger charge is -2.35. The van der Waals surface area contributed by atoms with Gasteiger partial charge in [0.25, 0.3) is 5.56 Å². The zero-order valence-corrected chi connectivity index (χ0v) is 19.6. The van der Waals surface area contributed by atoms with Crippen molar-refractivity contribution >= 4 is 11.6 Å². The predicted octanol–water partition coefficient (Wildman–Crippen LogP) is 2.97. The van der Waals surface area contributed by atoms with Gasteiger partial charge < -0.3 is 9.64 Å². The van der Waals surface area contributed by atoms with Crippen molar-refractivity contribution in [2.24, 2.45) is 0 Å². The molecule has 2 aliphatic heterocycles. The smallest absolute Gasteiger partial charge is 0.277 e. The Bertz CT molecular complexity index is 1260. The molecule has 4 heterocycles. The van der Waals surface area contributed by atoms with E-state index in [4.69, 9.17) is 9.72 Å². The molecule has 1 amide bonds. The van der Waals surface area contributed by atoms with Crippen molar-refractivity contribution in [2.75, 3.05) is 20.2 Å². The molecule has 33 heavy (non-hydrogen) atoms. The Labute approximate surface area is 193 Å². The SMILES string of the molecule is COc1ccc(C)cc1CN1CCCC[C@H]1c1cc2nc3c(c(=O)n2[nH]1)CN(C(C)=O)CC3. The molecule has 1 fully saturated rings. The molecular weight excluding hydrogens is 418 g/mol. The molecule has 1 aromatic carbocycles. The van der Waals surface area contributed by atoms with E-state index in [0.29, 0.717) is 30.7 Å². The van der Waals surface area contributed by atoms with Crippen LogP contribution in [-0.4, -0.2) is 50.5 Å². The number of carbonyl (C=O) groups excluding carboxylic acids is 1. The third-order valence-corrected chi connectivity index (χ3v) is 7.01. The number of fused-ring (bicyclic) bond motifs is 2.